The van der Waals surface area contributed by atoms with Crippen LogP contribution in [-0.2, 0) is 11.2 Å². The predicted molar refractivity (Wildman–Crippen MR) is 85.0 cm³/mol. The standard InChI is InChI=1S/C15H27N3OS/c1-5-7-8-9-16-14(19)11(3)18-12(4)15-17-10-13(6-2)20-15/h10-12,18H,5-9H2,1-4H3,(H,16,19). The van der Waals surface area contributed by atoms with Gasteiger partial charge in [-0.05, 0) is 26.7 Å². The summed E-state index contributed by atoms with van der Waals surface area (Å²) in [5.41, 5.74) is 0. The first kappa shape index (κ1) is 17.1. The molecule has 0 spiro atoms. The first-order chi connectivity index (χ1) is 9.58. The maximum absolute atomic E-state index is 11.9. The molecule has 2 unspecified atom stereocenters. The summed E-state index contributed by atoms with van der Waals surface area (Å²) in [7, 11) is 0. The molecule has 20 heavy (non-hydrogen) atoms. The van der Waals surface area contributed by atoms with Gasteiger partial charge in [0, 0.05) is 17.6 Å². The van der Waals surface area contributed by atoms with Crippen LogP contribution in [0.15, 0.2) is 6.20 Å². The third-order valence-electron chi connectivity index (χ3n) is 3.26. The van der Waals surface area contributed by atoms with Gasteiger partial charge in [-0.15, -0.1) is 11.3 Å². The molecular weight excluding hydrogens is 270 g/mol. The second-order valence-corrected chi connectivity index (χ2v) is 6.27. The summed E-state index contributed by atoms with van der Waals surface area (Å²) in [5, 5.41) is 7.33. The Morgan fingerprint density at radius 2 is 2.10 bits per heavy atom. The molecule has 0 saturated carbocycles. The molecule has 0 saturated heterocycles. The number of carbonyl (C=O) groups excluding carboxylic acids is 1. The molecule has 0 aliphatic carbocycles. The highest BCUT2D eigenvalue weighted by Crippen LogP contribution is 2.20. The van der Waals surface area contributed by atoms with Gasteiger partial charge in [-0.1, -0.05) is 26.7 Å². The minimum absolute atomic E-state index is 0.0697. The van der Waals surface area contributed by atoms with E-state index in [-0.39, 0.29) is 18.0 Å². The maximum Gasteiger partial charge on any atom is 0.236 e. The van der Waals surface area contributed by atoms with E-state index in [1.165, 1.54) is 11.3 Å². The van der Waals surface area contributed by atoms with E-state index < -0.39 is 0 Å². The van der Waals surface area contributed by atoms with Gasteiger partial charge in [0.1, 0.15) is 5.01 Å². The van der Waals surface area contributed by atoms with Crippen LogP contribution in [0.3, 0.4) is 0 Å². The van der Waals surface area contributed by atoms with Crippen molar-refractivity contribution >= 4 is 17.2 Å². The highest BCUT2D eigenvalue weighted by atomic mass is 32.1. The van der Waals surface area contributed by atoms with Gasteiger partial charge in [0.2, 0.25) is 5.91 Å². The Morgan fingerprint density at radius 1 is 1.35 bits per heavy atom. The van der Waals surface area contributed by atoms with Crippen molar-refractivity contribution in [1.82, 2.24) is 15.6 Å². The number of unbranched alkanes of at least 4 members (excludes halogenated alkanes) is 2. The van der Waals surface area contributed by atoms with Crippen molar-refractivity contribution in [2.45, 2.75) is 65.5 Å². The van der Waals surface area contributed by atoms with E-state index in [1.54, 1.807) is 11.3 Å². The van der Waals surface area contributed by atoms with Crippen LogP contribution < -0.4 is 10.6 Å². The van der Waals surface area contributed by atoms with Crippen molar-refractivity contribution in [3.05, 3.63) is 16.1 Å². The number of nitrogens with one attached hydrogen (secondary N) is 2. The number of hydrogen-bond donors (Lipinski definition) is 2. The molecule has 114 valence electrons. The molecule has 0 bridgehead atoms. The minimum Gasteiger partial charge on any atom is -0.355 e. The molecule has 1 aromatic heterocycles. The van der Waals surface area contributed by atoms with Crippen molar-refractivity contribution in [3.8, 4) is 0 Å². The SMILES string of the molecule is CCCCCNC(=O)C(C)NC(C)c1ncc(CC)s1. The Kier molecular flexibility index (Phi) is 7.77. The number of rotatable bonds is 9. The molecule has 2 N–H and O–H groups in total. The highest BCUT2D eigenvalue weighted by molar-refractivity contribution is 7.11. The van der Waals surface area contributed by atoms with Crippen LogP contribution in [0.1, 0.15) is 62.9 Å². The average Bonchev–Trinajstić information content (AvgIpc) is 2.92. The van der Waals surface area contributed by atoms with E-state index in [1.807, 2.05) is 13.1 Å². The van der Waals surface area contributed by atoms with Crippen molar-refractivity contribution < 1.29 is 4.79 Å². The van der Waals surface area contributed by atoms with Crippen molar-refractivity contribution in [2.24, 2.45) is 0 Å². The van der Waals surface area contributed by atoms with Gasteiger partial charge in [0.05, 0.1) is 12.1 Å². The molecule has 1 heterocycles. The summed E-state index contributed by atoms with van der Waals surface area (Å²) in [6.07, 6.45) is 6.32. The summed E-state index contributed by atoms with van der Waals surface area (Å²) in [4.78, 5) is 17.6. The maximum atomic E-state index is 11.9. The van der Waals surface area contributed by atoms with Crippen LogP contribution in [0.5, 0.6) is 0 Å². The van der Waals surface area contributed by atoms with Crippen LogP contribution >= 0.6 is 11.3 Å². The van der Waals surface area contributed by atoms with E-state index in [4.69, 9.17) is 0 Å². The summed E-state index contributed by atoms with van der Waals surface area (Å²) in [6, 6.07) is -0.0858. The Labute approximate surface area is 126 Å². The van der Waals surface area contributed by atoms with Crippen molar-refractivity contribution in [1.29, 1.82) is 0 Å². The van der Waals surface area contributed by atoms with Crippen LogP contribution in [0.4, 0.5) is 0 Å². The van der Waals surface area contributed by atoms with Crippen LogP contribution in [0, 0.1) is 0 Å². The van der Waals surface area contributed by atoms with Crippen LogP contribution in [0.25, 0.3) is 0 Å². The van der Waals surface area contributed by atoms with E-state index >= 15 is 0 Å². The van der Waals surface area contributed by atoms with Gasteiger partial charge < -0.3 is 5.32 Å². The summed E-state index contributed by atoms with van der Waals surface area (Å²) < 4.78 is 0. The zero-order valence-corrected chi connectivity index (χ0v) is 13.8. The van der Waals surface area contributed by atoms with E-state index in [0.717, 1.165) is 30.8 Å². The third-order valence-corrected chi connectivity index (χ3v) is 4.59. The molecule has 1 amide bonds. The van der Waals surface area contributed by atoms with Crippen molar-refractivity contribution in [3.63, 3.8) is 0 Å². The van der Waals surface area contributed by atoms with Crippen molar-refractivity contribution in [2.75, 3.05) is 6.54 Å². The second kappa shape index (κ2) is 9.08. The fourth-order valence-electron chi connectivity index (χ4n) is 1.95. The fraction of sp³-hybridized carbons (Fsp3) is 0.733. The molecule has 0 fully saturated rings. The number of thiazole rings is 1. The molecule has 5 heteroatoms. The molecule has 4 nitrogen and oxygen atoms in total. The zero-order chi connectivity index (χ0) is 15.0. The minimum atomic E-state index is -0.194. The lowest BCUT2D eigenvalue weighted by Gasteiger charge is -2.18. The van der Waals surface area contributed by atoms with Gasteiger partial charge >= 0.3 is 0 Å². The fourth-order valence-corrected chi connectivity index (χ4v) is 2.82. The summed E-state index contributed by atoms with van der Waals surface area (Å²) in [5.74, 6) is 0.0697. The molecule has 0 aliphatic heterocycles. The molecule has 2 atom stereocenters. The lowest BCUT2D eigenvalue weighted by atomic mass is 10.2. The normalized spacial score (nSPS) is 14.0. The van der Waals surface area contributed by atoms with Gasteiger partial charge in [-0.25, -0.2) is 4.98 Å². The zero-order valence-electron chi connectivity index (χ0n) is 13.0. The van der Waals surface area contributed by atoms with Crippen LogP contribution in [-0.4, -0.2) is 23.5 Å². The Hall–Kier alpha value is -0.940. The monoisotopic (exact) mass is 297 g/mol. The Morgan fingerprint density at radius 3 is 2.70 bits per heavy atom. The predicted octanol–water partition coefficient (Wildman–Crippen LogP) is 3.05. The quantitative estimate of drug-likeness (QED) is 0.689. The number of amides is 1. The third kappa shape index (κ3) is 5.59. The lowest BCUT2D eigenvalue weighted by molar-refractivity contribution is -0.122. The largest absolute Gasteiger partial charge is 0.355 e. The first-order valence-corrected chi connectivity index (χ1v) is 8.38. The number of nitrogens with zero attached hydrogens (tertiary/aromatic N) is 1. The molecule has 1 aromatic rings. The molecule has 0 aromatic carbocycles. The van der Waals surface area contributed by atoms with Gasteiger partial charge in [0.15, 0.2) is 0 Å². The highest BCUT2D eigenvalue weighted by Gasteiger charge is 2.17. The summed E-state index contributed by atoms with van der Waals surface area (Å²) in [6.45, 7) is 9.01. The lowest BCUT2D eigenvalue weighted by Crippen LogP contribution is -2.43. The Balaban J connectivity index is 2.36. The molecule has 0 radical (unpaired) electrons. The van der Waals surface area contributed by atoms with Gasteiger partial charge in [0.25, 0.3) is 0 Å². The molecule has 0 aliphatic rings. The smallest absolute Gasteiger partial charge is 0.236 e. The van der Waals surface area contributed by atoms with E-state index in [0.29, 0.717) is 0 Å². The number of hydrogen-bond acceptors (Lipinski definition) is 4. The molecular formula is C15H27N3OS. The van der Waals surface area contributed by atoms with Gasteiger partial charge in [-0.2, -0.15) is 0 Å². The number of aryl methyl sites for hydroxylation is 1. The average molecular weight is 297 g/mol. The number of aromatic nitrogens is 1. The van der Waals surface area contributed by atoms with Gasteiger partial charge in [-0.3, -0.25) is 10.1 Å². The van der Waals surface area contributed by atoms with E-state index in [2.05, 4.69) is 36.4 Å². The van der Waals surface area contributed by atoms with E-state index in [9.17, 15) is 4.79 Å². The first-order valence-electron chi connectivity index (χ1n) is 7.56. The second-order valence-electron chi connectivity index (χ2n) is 5.13. The molecule has 1 rings (SSSR count). The number of carbonyl (C=O) groups is 1. The van der Waals surface area contributed by atoms with Crippen LogP contribution in [0.2, 0.25) is 0 Å². The summed E-state index contributed by atoms with van der Waals surface area (Å²) >= 11 is 1.71. The Bertz CT molecular complexity index is 406. The topological polar surface area (TPSA) is 54.0 Å².